The topological polar surface area (TPSA) is 114 Å². The van der Waals surface area contributed by atoms with Crippen LogP contribution in [0.2, 0.25) is 0 Å². The molecule has 0 spiro atoms. The molecule has 0 aliphatic heterocycles. The lowest BCUT2D eigenvalue weighted by molar-refractivity contribution is 0.0507. The van der Waals surface area contributed by atoms with E-state index in [0.29, 0.717) is 28.3 Å². The van der Waals surface area contributed by atoms with E-state index in [1.165, 1.54) is 0 Å². The molecule has 26 heavy (non-hydrogen) atoms. The molecule has 1 N–H and O–H groups in total. The van der Waals surface area contributed by atoms with Crippen LogP contribution in [-0.4, -0.2) is 36.8 Å². The maximum atomic E-state index is 12.1. The molecule has 1 aromatic carbocycles. The van der Waals surface area contributed by atoms with Crippen LogP contribution in [0.5, 0.6) is 0 Å². The molecule has 0 bridgehead atoms. The van der Waals surface area contributed by atoms with Gasteiger partial charge in [-0.2, -0.15) is 5.26 Å². The van der Waals surface area contributed by atoms with Gasteiger partial charge in [0.25, 0.3) is 0 Å². The van der Waals surface area contributed by atoms with Gasteiger partial charge in [0, 0.05) is 7.05 Å². The third-order valence-electron chi connectivity index (χ3n) is 3.83. The summed E-state index contributed by atoms with van der Waals surface area (Å²) in [4.78, 5) is 16.8. The normalized spacial score (nSPS) is 11.9. The number of allylic oxidation sites excluding steroid dienone is 1. The van der Waals surface area contributed by atoms with E-state index in [1.807, 2.05) is 37.3 Å². The maximum Gasteiger partial charge on any atom is 0.352 e. The minimum atomic E-state index is -0.634. The number of aliphatic hydroxyl groups excluding tert-OH is 1. The van der Waals surface area contributed by atoms with Crippen LogP contribution < -0.4 is 0 Å². The number of esters is 1. The lowest BCUT2D eigenvalue weighted by Crippen LogP contribution is -2.10. The van der Waals surface area contributed by atoms with Crippen molar-refractivity contribution in [1.82, 2.24) is 19.1 Å². The van der Waals surface area contributed by atoms with E-state index in [4.69, 9.17) is 4.74 Å². The van der Waals surface area contributed by atoms with Crippen molar-refractivity contribution in [3.05, 3.63) is 46.4 Å². The third-order valence-corrected chi connectivity index (χ3v) is 4.58. The summed E-state index contributed by atoms with van der Waals surface area (Å²) in [5.41, 5.74) is 2.02. The van der Waals surface area contributed by atoms with E-state index in [1.54, 1.807) is 11.6 Å². The van der Waals surface area contributed by atoms with Crippen LogP contribution in [0.1, 0.15) is 28.1 Å². The summed E-state index contributed by atoms with van der Waals surface area (Å²) in [6, 6.07) is 9.31. The lowest BCUT2D eigenvalue weighted by Gasteiger charge is -2.06. The van der Waals surface area contributed by atoms with E-state index >= 15 is 0 Å². The Labute approximate surface area is 153 Å². The number of aromatic nitrogens is 4. The third kappa shape index (κ3) is 3.14. The Morgan fingerprint density at radius 1 is 1.42 bits per heavy atom. The van der Waals surface area contributed by atoms with Crippen molar-refractivity contribution >= 4 is 34.1 Å². The van der Waals surface area contributed by atoms with Crippen molar-refractivity contribution in [2.45, 2.75) is 13.3 Å². The Morgan fingerprint density at radius 3 is 2.88 bits per heavy atom. The Morgan fingerprint density at radius 2 is 2.19 bits per heavy atom. The highest BCUT2D eigenvalue weighted by molar-refractivity contribution is 7.07. The number of fused-ring (bicyclic) bond motifs is 1. The number of aliphatic hydroxyl groups is 1. The number of hydrogen-bond acceptors (Lipinski definition) is 8. The lowest BCUT2D eigenvalue weighted by atomic mass is 10.2. The molecule has 0 atom stereocenters. The fraction of sp³-hybridized carbons (Fsp3) is 0.235. The van der Waals surface area contributed by atoms with Gasteiger partial charge in [-0.25, -0.2) is 9.78 Å². The molecule has 8 nitrogen and oxygen atoms in total. The first-order valence-electron chi connectivity index (χ1n) is 7.79. The number of aryl methyl sites for hydroxylation is 2. The van der Waals surface area contributed by atoms with Crippen LogP contribution in [0.3, 0.4) is 0 Å². The largest absolute Gasteiger partial charge is 0.507 e. The number of carbonyl (C=O) groups excluding carboxylic acids is 1. The van der Waals surface area contributed by atoms with Crippen LogP contribution in [0.4, 0.5) is 0 Å². The Hall–Kier alpha value is -3.25. The first kappa shape index (κ1) is 17.6. The molecule has 0 saturated carbocycles. The number of rotatable bonds is 5. The number of benzene rings is 1. The molecule has 0 radical (unpaired) electrons. The van der Waals surface area contributed by atoms with Gasteiger partial charge in [-0.1, -0.05) is 23.5 Å². The second-order valence-corrected chi connectivity index (χ2v) is 6.15. The number of hydrogen-bond donors (Lipinski definition) is 1. The number of nitriles is 1. The molecule has 0 fully saturated rings. The van der Waals surface area contributed by atoms with Gasteiger partial charge in [-0.15, -0.1) is 5.10 Å². The molecule has 0 saturated heterocycles. The summed E-state index contributed by atoms with van der Waals surface area (Å²) < 4.78 is 10.5. The molecule has 0 aliphatic carbocycles. The van der Waals surface area contributed by atoms with E-state index in [-0.39, 0.29) is 11.3 Å². The fourth-order valence-corrected chi connectivity index (χ4v) is 3.12. The van der Waals surface area contributed by atoms with Gasteiger partial charge >= 0.3 is 5.97 Å². The predicted molar refractivity (Wildman–Crippen MR) is 95.4 cm³/mol. The quantitative estimate of drug-likeness (QED) is 0.418. The highest BCUT2D eigenvalue weighted by Gasteiger charge is 2.20. The Balaban J connectivity index is 1.86. The van der Waals surface area contributed by atoms with Crippen LogP contribution in [-0.2, 0) is 18.2 Å². The summed E-state index contributed by atoms with van der Waals surface area (Å²) in [5, 5.41) is 23.6. The predicted octanol–water partition coefficient (Wildman–Crippen LogP) is 2.64. The minimum absolute atomic E-state index is 0.0466. The average Bonchev–Trinajstić information content (AvgIpc) is 3.26. The number of imidazole rings is 1. The summed E-state index contributed by atoms with van der Waals surface area (Å²) in [5.74, 6) is -0.698. The highest BCUT2D eigenvalue weighted by atomic mass is 32.1. The van der Waals surface area contributed by atoms with Gasteiger partial charge in [0.1, 0.15) is 18.2 Å². The molecular weight excluding hydrogens is 354 g/mol. The molecule has 2 heterocycles. The van der Waals surface area contributed by atoms with Gasteiger partial charge < -0.3 is 14.4 Å². The first-order valence-corrected chi connectivity index (χ1v) is 8.56. The minimum Gasteiger partial charge on any atom is -0.507 e. The van der Waals surface area contributed by atoms with Gasteiger partial charge in [-0.3, -0.25) is 0 Å². The first-order chi connectivity index (χ1) is 12.6. The zero-order valence-electron chi connectivity index (χ0n) is 14.1. The molecule has 0 amide bonds. The summed E-state index contributed by atoms with van der Waals surface area (Å²) >= 11 is 0.935. The molecule has 0 aliphatic rings. The number of carbonyl (C=O) groups is 1. The summed E-state index contributed by atoms with van der Waals surface area (Å²) in [6.45, 7) is 1.41. The summed E-state index contributed by atoms with van der Waals surface area (Å²) in [7, 11) is 1.75. The zero-order chi connectivity index (χ0) is 18.7. The van der Waals surface area contributed by atoms with Crippen molar-refractivity contribution in [2.24, 2.45) is 7.05 Å². The average molecular weight is 369 g/mol. The second kappa shape index (κ2) is 7.33. The van der Waals surface area contributed by atoms with Crippen molar-refractivity contribution < 1.29 is 14.6 Å². The molecule has 3 aromatic rings. The van der Waals surface area contributed by atoms with Gasteiger partial charge in [0.2, 0.25) is 0 Å². The van der Waals surface area contributed by atoms with E-state index in [0.717, 1.165) is 17.0 Å². The van der Waals surface area contributed by atoms with Crippen LogP contribution in [0.25, 0.3) is 16.6 Å². The van der Waals surface area contributed by atoms with Crippen molar-refractivity contribution in [2.75, 3.05) is 6.61 Å². The Bertz CT molecular complexity index is 1040. The molecule has 9 heteroatoms. The van der Waals surface area contributed by atoms with Gasteiger partial charge in [-0.05, 0) is 30.1 Å². The molecule has 0 unspecified atom stereocenters. The monoisotopic (exact) mass is 369 g/mol. The van der Waals surface area contributed by atoms with E-state index in [9.17, 15) is 15.2 Å². The molecule has 3 rings (SSSR count). The van der Waals surface area contributed by atoms with E-state index in [2.05, 4.69) is 14.6 Å². The standard InChI is InChI=1S/C17H15N5O3S/c1-3-11-15(26-21-20-11)17(24)25-9-14(23)10(8-18)16-19-12-6-4-5-7-13(12)22(16)2/h4-7,23H,3,9H2,1-2H3/b14-10-. The number of para-hydroxylation sites is 2. The molecule has 132 valence electrons. The molecule has 2 aromatic heterocycles. The zero-order valence-corrected chi connectivity index (χ0v) is 14.9. The highest BCUT2D eigenvalue weighted by Crippen LogP contribution is 2.22. The van der Waals surface area contributed by atoms with Crippen molar-refractivity contribution in [3.8, 4) is 6.07 Å². The number of ether oxygens (including phenoxy) is 1. The Kier molecular flexibility index (Phi) is 4.95. The molecular formula is C17H15N5O3S. The van der Waals surface area contributed by atoms with E-state index < -0.39 is 12.6 Å². The summed E-state index contributed by atoms with van der Waals surface area (Å²) in [6.07, 6.45) is 0.548. The number of nitrogens with zero attached hydrogens (tertiary/aromatic N) is 5. The fourth-order valence-electron chi connectivity index (χ4n) is 2.48. The van der Waals surface area contributed by atoms with Crippen LogP contribution >= 0.6 is 11.5 Å². The van der Waals surface area contributed by atoms with Crippen LogP contribution in [0.15, 0.2) is 30.0 Å². The van der Waals surface area contributed by atoms with Crippen molar-refractivity contribution in [3.63, 3.8) is 0 Å². The van der Waals surface area contributed by atoms with Gasteiger partial charge in [0.05, 0.1) is 16.7 Å². The smallest absolute Gasteiger partial charge is 0.352 e. The SMILES string of the molecule is CCc1nnsc1C(=O)OC/C(O)=C(\C#N)c1nc2ccccc2n1C. The second-order valence-electron chi connectivity index (χ2n) is 5.40. The van der Waals surface area contributed by atoms with Gasteiger partial charge in [0.15, 0.2) is 16.5 Å². The van der Waals surface area contributed by atoms with Crippen molar-refractivity contribution in [1.29, 1.82) is 5.26 Å². The maximum absolute atomic E-state index is 12.1. The van der Waals surface area contributed by atoms with Crippen LogP contribution in [0, 0.1) is 11.3 Å².